The normalized spacial score (nSPS) is 9.37. The van der Waals surface area contributed by atoms with E-state index in [2.05, 4.69) is 31.0 Å². The molecule has 13 heteroatoms. The number of nitriles is 2. The molecule has 0 saturated carbocycles. The van der Waals surface area contributed by atoms with Gasteiger partial charge in [0.1, 0.15) is 35.3 Å². The number of hydrogen-bond acceptors (Lipinski definition) is 8. The molecule has 0 saturated heterocycles. The second kappa shape index (κ2) is 12.0. The molecule has 4 aromatic rings. The summed E-state index contributed by atoms with van der Waals surface area (Å²) in [5.41, 5.74) is 0.670. The molecule has 8 N–H and O–H groups in total. The van der Waals surface area contributed by atoms with Crippen LogP contribution in [0, 0.1) is 22.7 Å². The lowest BCUT2D eigenvalue weighted by Gasteiger charge is -2.05. The van der Waals surface area contributed by atoms with Gasteiger partial charge in [0.2, 0.25) is 0 Å². The van der Waals surface area contributed by atoms with Crippen LogP contribution in [-0.2, 0) is 0 Å². The SMILES string of the molecule is COc1ccc(Nc2[nH][nH]c(=O)c2C#N)cc1.COc1ccc(Nc2[nH][nH]c(=O)c2C#N)cc1.O. The summed E-state index contributed by atoms with van der Waals surface area (Å²) < 4.78 is 10.0. The highest BCUT2D eigenvalue weighted by Gasteiger charge is 2.09. The Morgan fingerprint density at radius 2 is 1.00 bits per heavy atom. The van der Waals surface area contributed by atoms with Gasteiger partial charge in [-0.05, 0) is 48.5 Å². The Kier molecular flexibility index (Phi) is 8.87. The third-order valence-corrected chi connectivity index (χ3v) is 4.50. The number of aromatic amines is 4. The quantitative estimate of drug-likeness (QED) is 0.239. The summed E-state index contributed by atoms with van der Waals surface area (Å²) in [6.07, 6.45) is 0. The Hall–Kier alpha value is -5.40. The third kappa shape index (κ3) is 6.32. The van der Waals surface area contributed by atoms with Crippen LogP contribution < -0.4 is 31.2 Å². The van der Waals surface area contributed by atoms with E-state index in [0.717, 1.165) is 22.9 Å². The van der Waals surface area contributed by atoms with E-state index in [1.807, 2.05) is 12.1 Å². The smallest absolute Gasteiger partial charge is 0.284 e. The zero-order valence-corrected chi connectivity index (χ0v) is 18.6. The Labute approximate surface area is 198 Å². The van der Waals surface area contributed by atoms with E-state index in [1.54, 1.807) is 62.8 Å². The van der Waals surface area contributed by atoms with Crippen molar-refractivity contribution in [3.63, 3.8) is 0 Å². The van der Waals surface area contributed by atoms with Crippen molar-refractivity contribution >= 4 is 23.0 Å². The summed E-state index contributed by atoms with van der Waals surface area (Å²) in [5, 5.41) is 33.3. The second-order valence-electron chi connectivity index (χ2n) is 6.59. The number of nitrogens with one attached hydrogen (secondary N) is 6. The standard InChI is InChI=1S/2C11H10N4O2.H2O/c2*1-17-8-4-2-7(3-5-8)13-10-9(6-12)11(16)15-14-10;/h2*2-5H,1H3,(H3,13,14,15,16);1H2. The van der Waals surface area contributed by atoms with Crippen molar-refractivity contribution in [1.29, 1.82) is 10.5 Å². The molecule has 180 valence electrons. The molecule has 0 amide bonds. The molecule has 0 fully saturated rings. The van der Waals surface area contributed by atoms with Crippen molar-refractivity contribution in [2.45, 2.75) is 0 Å². The van der Waals surface area contributed by atoms with Gasteiger partial charge in [0.05, 0.1) is 14.2 Å². The molecule has 0 aliphatic carbocycles. The van der Waals surface area contributed by atoms with Crippen molar-refractivity contribution in [3.8, 4) is 23.6 Å². The molecule has 0 radical (unpaired) electrons. The summed E-state index contributed by atoms with van der Waals surface area (Å²) >= 11 is 0. The van der Waals surface area contributed by atoms with Gasteiger partial charge >= 0.3 is 0 Å². The highest BCUT2D eigenvalue weighted by Crippen LogP contribution is 2.20. The van der Waals surface area contributed by atoms with Gasteiger partial charge in [0.15, 0.2) is 11.1 Å². The van der Waals surface area contributed by atoms with Crippen molar-refractivity contribution in [2.75, 3.05) is 24.9 Å². The molecule has 2 aromatic carbocycles. The number of ether oxygens (including phenoxy) is 2. The van der Waals surface area contributed by atoms with Crippen LogP contribution in [0.3, 0.4) is 0 Å². The number of H-pyrrole nitrogens is 4. The highest BCUT2D eigenvalue weighted by molar-refractivity contribution is 5.63. The molecular formula is C22H22N8O5. The van der Waals surface area contributed by atoms with Gasteiger partial charge < -0.3 is 25.6 Å². The molecule has 0 bridgehead atoms. The molecular weight excluding hydrogens is 456 g/mol. The fourth-order valence-electron chi connectivity index (χ4n) is 2.75. The van der Waals surface area contributed by atoms with Crippen molar-refractivity contribution < 1.29 is 14.9 Å². The minimum atomic E-state index is -0.441. The summed E-state index contributed by atoms with van der Waals surface area (Å²) in [6.45, 7) is 0. The predicted octanol–water partition coefficient (Wildman–Crippen LogP) is 1.83. The molecule has 0 unspecified atom stereocenters. The lowest BCUT2D eigenvalue weighted by Crippen LogP contribution is -2.02. The average Bonchev–Trinajstić information content (AvgIpc) is 3.40. The Bertz CT molecular complexity index is 1320. The second-order valence-corrected chi connectivity index (χ2v) is 6.59. The number of rotatable bonds is 6. The first-order valence-corrected chi connectivity index (χ1v) is 9.72. The van der Waals surface area contributed by atoms with Gasteiger partial charge in [-0.25, -0.2) is 0 Å². The molecule has 35 heavy (non-hydrogen) atoms. The minimum absolute atomic E-state index is 0. The molecule has 0 aliphatic rings. The van der Waals surface area contributed by atoms with Crippen LogP contribution in [0.25, 0.3) is 0 Å². The maximum atomic E-state index is 11.2. The number of benzene rings is 2. The predicted molar refractivity (Wildman–Crippen MR) is 128 cm³/mol. The lowest BCUT2D eigenvalue weighted by molar-refractivity contribution is 0.415. The molecule has 0 spiro atoms. The van der Waals surface area contributed by atoms with Crippen LogP contribution in [0.4, 0.5) is 23.0 Å². The fraction of sp³-hybridized carbons (Fsp3) is 0.0909. The number of anilines is 4. The van der Waals surface area contributed by atoms with Gasteiger partial charge in [0.25, 0.3) is 11.1 Å². The first-order chi connectivity index (χ1) is 16.5. The van der Waals surface area contributed by atoms with E-state index in [9.17, 15) is 9.59 Å². The van der Waals surface area contributed by atoms with Crippen molar-refractivity contribution in [3.05, 3.63) is 80.4 Å². The summed E-state index contributed by atoms with van der Waals surface area (Å²) in [7, 11) is 3.17. The first kappa shape index (κ1) is 25.9. The van der Waals surface area contributed by atoms with Crippen molar-refractivity contribution in [2.24, 2.45) is 0 Å². The monoisotopic (exact) mass is 478 g/mol. The van der Waals surface area contributed by atoms with Gasteiger partial charge in [-0.3, -0.25) is 30.0 Å². The van der Waals surface area contributed by atoms with Gasteiger partial charge in [-0.2, -0.15) is 10.5 Å². The van der Waals surface area contributed by atoms with Gasteiger partial charge in [0, 0.05) is 11.4 Å². The molecule has 0 atom stereocenters. The Morgan fingerprint density at radius 1 is 0.657 bits per heavy atom. The summed E-state index contributed by atoms with van der Waals surface area (Å²) in [5.74, 6) is 2.17. The van der Waals surface area contributed by atoms with Gasteiger partial charge in [-0.1, -0.05) is 0 Å². The minimum Gasteiger partial charge on any atom is -0.497 e. The first-order valence-electron chi connectivity index (χ1n) is 9.72. The fourth-order valence-corrected chi connectivity index (χ4v) is 2.75. The molecule has 2 heterocycles. The van der Waals surface area contributed by atoms with E-state index in [-0.39, 0.29) is 16.6 Å². The molecule has 0 aliphatic heterocycles. The largest absolute Gasteiger partial charge is 0.497 e. The summed E-state index contributed by atoms with van der Waals surface area (Å²) in [4.78, 5) is 22.4. The average molecular weight is 478 g/mol. The van der Waals surface area contributed by atoms with E-state index >= 15 is 0 Å². The third-order valence-electron chi connectivity index (χ3n) is 4.50. The van der Waals surface area contributed by atoms with Gasteiger partial charge in [-0.15, -0.1) is 0 Å². The number of nitrogens with zero attached hydrogens (tertiary/aromatic N) is 2. The Balaban J connectivity index is 0.000000240. The van der Waals surface area contributed by atoms with E-state index in [4.69, 9.17) is 20.0 Å². The van der Waals surface area contributed by atoms with Crippen LogP contribution in [0.2, 0.25) is 0 Å². The zero-order chi connectivity index (χ0) is 24.5. The number of aromatic nitrogens is 4. The molecule has 13 nitrogen and oxygen atoms in total. The van der Waals surface area contributed by atoms with E-state index < -0.39 is 11.1 Å². The van der Waals surface area contributed by atoms with Crippen LogP contribution in [-0.4, -0.2) is 40.1 Å². The molecule has 4 rings (SSSR count). The van der Waals surface area contributed by atoms with Crippen LogP contribution in [0.15, 0.2) is 58.1 Å². The van der Waals surface area contributed by atoms with Crippen molar-refractivity contribution in [1.82, 2.24) is 20.4 Å². The lowest BCUT2D eigenvalue weighted by atomic mass is 10.3. The Morgan fingerprint density at radius 3 is 1.29 bits per heavy atom. The topological polar surface area (TPSA) is 219 Å². The maximum Gasteiger partial charge on any atom is 0.284 e. The van der Waals surface area contributed by atoms with Crippen LogP contribution in [0.5, 0.6) is 11.5 Å². The number of hydrogen-bond donors (Lipinski definition) is 6. The van der Waals surface area contributed by atoms with E-state index in [0.29, 0.717) is 11.6 Å². The maximum absolute atomic E-state index is 11.2. The zero-order valence-electron chi connectivity index (χ0n) is 18.6. The van der Waals surface area contributed by atoms with Crippen LogP contribution in [0.1, 0.15) is 11.1 Å². The summed E-state index contributed by atoms with van der Waals surface area (Å²) in [6, 6.07) is 17.9. The van der Waals surface area contributed by atoms with E-state index in [1.165, 1.54) is 0 Å². The molecule has 2 aromatic heterocycles. The number of methoxy groups -OCH3 is 2. The van der Waals surface area contributed by atoms with Crippen LogP contribution >= 0.6 is 0 Å². The highest BCUT2D eigenvalue weighted by atomic mass is 16.5.